The summed E-state index contributed by atoms with van der Waals surface area (Å²) >= 11 is 0. The van der Waals surface area contributed by atoms with Crippen molar-refractivity contribution < 1.29 is 9.53 Å². The largest absolute Gasteiger partial charge is 0.469 e. The first-order valence-electron chi connectivity index (χ1n) is 4.35. The van der Waals surface area contributed by atoms with Gasteiger partial charge in [-0.05, 0) is 6.04 Å². The number of nitriles is 1. The van der Waals surface area contributed by atoms with Crippen LogP contribution in [0.15, 0.2) is 0 Å². The number of methoxy groups -OCH3 is 1. The summed E-state index contributed by atoms with van der Waals surface area (Å²) in [6.07, 6.45) is 0.275. The van der Waals surface area contributed by atoms with Gasteiger partial charge < -0.3 is 4.74 Å². The third-order valence-corrected chi connectivity index (χ3v) is 3.45. The van der Waals surface area contributed by atoms with E-state index in [4.69, 9.17) is 5.26 Å². The molecule has 0 saturated carbocycles. The molecule has 0 aliphatic heterocycles. The van der Waals surface area contributed by atoms with Gasteiger partial charge in [-0.15, -0.1) is 0 Å². The molecule has 0 heterocycles. The minimum Gasteiger partial charge on any atom is -0.469 e. The van der Waals surface area contributed by atoms with Crippen molar-refractivity contribution >= 4 is 14.0 Å². The average molecular weight is 199 g/mol. The van der Waals surface area contributed by atoms with Crippen LogP contribution >= 0.6 is 0 Å². The summed E-state index contributed by atoms with van der Waals surface area (Å²) in [6, 6.07) is 2.85. The van der Waals surface area contributed by atoms with Gasteiger partial charge in [0.2, 0.25) is 0 Å². The number of nitrogens with zero attached hydrogens (tertiary/aromatic N) is 1. The Bertz CT molecular complexity index is 215. The van der Waals surface area contributed by atoms with Crippen LogP contribution in [0, 0.1) is 17.2 Å². The van der Waals surface area contributed by atoms with Crippen molar-refractivity contribution in [1.82, 2.24) is 0 Å². The van der Waals surface area contributed by atoms with Crippen LogP contribution in [0.1, 0.15) is 6.42 Å². The Kier molecular flexibility index (Phi) is 4.71. The molecule has 1 unspecified atom stereocenters. The van der Waals surface area contributed by atoms with E-state index in [1.54, 1.807) is 0 Å². The molecular weight excluding hydrogens is 182 g/mol. The first-order chi connectivity index (χ1) is 5.90. The molecule has 0 aromatic heterocycles. The number of carbonyl (C=O) groups is 1. The second-order valence-electron chi connectivity index (χ2n) is 4.35. The molecule has 4 heteroatoms. The minimum absolute atomic E-state index is 0.221. The van der Waals surface area contributed by atoms with Gasteiger partial charge >= 0.3 is 5.97 Å². The summed E-state index contributed by atoms with van der Waals surface area (Å²) in [5.41, 5.74) is 0. The third-order valence-electron chi connectivity index (χ3n) is 1.73. The van der Waals surface area contributed by atoms with Crippen LogP contribution in [0.3, 0.4) is 0 Å². The normalized spacial score (nSPS) is 13.2. The second kappa shape index (κ2) is 5.03. The highest BCUT2D eigenvalue weighted by atomic mass is 28.3. The van der Waals surface area contributed by atoms with Crippen molar-refractivity contribution in [3.8, 4) is 6.07 Å². The fourth-order valence-corrected chi connectivity index (χ4v) is 3.04. The van der Waals surface area contributed by atoms with E-state index in [2.05, 4.69) is 24.4 Å². The monoisotopic (exact) mass is 199 g/mol. The fraction of sp³-hybridized carbons (Fsp3) is 0.778. The predicted molar refractivity (Wildman–Crippen MR) is 53.9 cm³/mol. The fourth-order valence-electron chi connectivity index (χ4n) is 1.25. The molecule has 0 aliphatic rings. The van der Waals surface area contributed by atoms with Crippen molar-refractivity contribution in [2.45, 2.75) is 32.1 Å². The van der Waals surface area contributed by atoms with Gasteiger partial charge in [-0.25, -0.2) is 0 Å². The molecule has 0 fully saturated rings. The molecule has 0 aromatic carbocycles. The molecule has 0 bridgehead atoms. The summed E-state index contributed by atoms with van der Waals surface area (Å²) < 4.78 is 4.64. The molecule has 0 aromatic rings. The highest BCUT2D eigenvalue weighted by Crippen LogP contribution is 2.20. The maximum absolute atomic E-state index is 11.2. The van der Waals surface area contributed by atoms with E-state index in [1.165, 1.54) is 7.11 Å². The summed E-state index contributed by atoms with van der Waals surface area (Å²) in [5, 5.41) is 8.54. The van der Waals surface area contributed by atoms with Crippen LogP contribution in [0.4, 0.5) is 0 Å². The molecule has 0 amide bonds. The Labute approximate surface area is 80.7 Å². The van der Waals surface area contributed by atoms with Crippen molar-refractivity contribution in [3.63, 3.8) is 0 Å². The molecule has 1 atom stereocenters. The zero-order valence-electron chi connectivity index (χ0n) is 8.76. The SMILES string of the molecule is COC(=O)C(CC#N)C[Si](C)(C)C. The first kappa shape index (κ1) is 12.2. The summed E-state index contributed by atoms with van der Waals surface area (Å²) in [5.74, 6) is -0.467. The number of rotatable bonds is 4. The predicted octanol–water partition coefficient (Wildman–Crippen LogP) is 2.03. The molecule has 0 saturated heterocycles. The van der Waals surface area contributed by atoms with Crippen LogP contribution < -0.4 is 0 Å². The van der Waals surface area contributed by atoms with E-state index < -0.39 is 8.07 Å². The zero-order chi connectivity index (χ0) is 10.5. The van der Waals surface area contributed by atoms with Gasteiger partial charge in [0.05, 0.1) is 19.1 Å². The Morgan fingerprint density at radius 1 is 1.54 bits per heavy atom. The van der Waals surface area contributed by atoms with Gasteiger partial charge in [0.25, 0.3) is 0 Å². The van der Waals surface area contributed by atoms with E-state index in [-0.39, 0.29) is 18.3 Å². The van der Waals surface area contributed by atoms with Gasteiger partial charge in [-0.2, -0.15) is 5.26 Å². The van der Waals surface area contributed by atoms with Crippen LogP contribution in [-0.4, -0.2) is 21.2 Å². The Hall–Kier alpha value is -0.823. The van der Waals surface area contributed by atoms with Crippen molar-refractivity contribution in [2.75, 3.05) is 7.11 Å². The number of ether oxygens (including phenoxy) is 1. The van der Waals surface area contributed by atoms with Crippen LogP contribution in [0.5, 0.6) is 0 Å². The number of hydrogen-bond acceptors (Lipinski definition) is 3. The van der Waals surface area contributed by atoms with Crippen LogP contribution in [0.25, 0.3) is 0 Å². The number of esters is 1. The maximum atomic E-state index is 11.2. The van der Waals surface area contributed by atoms with Gasteiger partial charge in [-0.1, -0.05) is 19.6 Å². The van der Waals surface area contributed by atoms with Gasteiger partial charge in [0.1, 0.15) is 0 Å². The molecular formula is C9H17NO2Si. The second-order valence-corrected chi connectivity index (χ2v) is 9.88. The maximum Gasteiger partial charge on any atom is 0.309 e. The Morgan fingerprint density at radius 2 is 2.08 bits per heavy atom. The summed E-state index contributed by atoms with van der Waals surface area (Å²) in [6.45, 7) is 6.54. The lowest BCUT2D eigenvalue weighted by molar-refractivity contribution is -0.144. The lowest BCUT2D eigenvalue weighted by atomic mass is 10.1. The molecule has 74 valence electrons. The van der Waals surface area contributed by atoms with Crippen molar-refractivity contribution in [1.29, 1.82) is 5.26 Å². The molecule has 0 radical (unpaired) electrons. The number of carbonyl (C=O) groups excluding carboxylic acids is 1. The molecule has 0 rings (SSSR count). The zero-order valence-corrected chi connectivity index (χ0v) is 9.76. The quantitative estimate of drug-likeness (QED) is 0.514. The molecule has 13 heavy (non-hydrogen) atoms. The van der Waals surface area contributed by atoms with Gasteiger partial charge in [0.15, 0.2) is 0 Å². The van der Waals surface area contributed by atoms with E-state index in [0.29, 0.717) is 0 Å². The summed E-state index contributed by atoms with van der Waals surface area (Å²) in [4.78, 5) is 11.2. The topological polar surface area (TPSA) is 50.1 Å². The lowest BCUT2D eigenvalue weighted by Gasteiger charge is -2.20. The number of hydrogen-bond donors (Lipinski definition) is 0. The van der Waals surface area contributed by atoms with Crippen molar-refractivity contribution in [3.05, 3.63) is 0 Å². The smallest absolute Gasteiger partial charge is 0.309 e. The highest BCUT2D eigenvalue weighted by molar-refractivity contribution is 6.76. The molecule has 0 aliphatic carbocycles. The van der Waals surface area contributed by atoms with E-state index in [1.807, 2.05) is 6.07 Å². The van der Waals surface area contributed by atoms with Crippen LogP contribution in [0.2, 0.25) is 25.7 Å². The minimum atomic E-state index is -1.29. The Balaban J connectivity index is 4.28. The average Bonchev–Trinajstić information content (AvgIpc) is 2.00. The van der Waals surface area contributed by atoms with Gasteiger partial charge in [0, 0.05) is 14.5 Å². The highest BCUT2D eigenvalue weighted by Gasteiger charge is 2.26. The van der Waals surface area contributed by atoms with E-state index in [0.717, 1.165) is 6.04 Å². The third kappa shape index (κ3) is 5.42. The standard InChI is InChI=1S/C9H17NO2Si/c1-12-9(11)8(5-6-10)7-13(2,3)4/h8H,5,7H2,1-4H3. The van der Waals surface area contributed by atoms with E-state index >= 15 is 0 Å². The summed E-state index contributed by atoms with van der Waals surface area (Å²) in [7, 11) is 0.0834. The van der Waals surface area contributed by atoms with Crippen molar-refractivity contribution in [2.24, 2.45) is 5.92 Å². The molecule has 0 N–H and O–H groups in total. The molecule has 0 spiro atoms. The first-order valence-corrected chi connectivity index (χ1v) is 8.06. The van der Waals surface area contributed by atoms with Crippen LogP contribution in [-0.2, 0) is 9.53 Å². The Morgan fingerprint density at radius 3 is 2.38 bits per heavy atom. The van der Waals surface area contributed by atoms with Gasteiger partial charge in [-0.3, -0.25) is 4.79 Å². The van der Waals surface area contributed by atoms with E-state index in [9.17, 15) is 4.79 Å². The lowest BCUT2D eigenvalue weighted by Crippen LogP contribution is -2.28. The molecule has 3 nitrogen and oxygen atoms in total.